The van der Waals surface area contributed by atoms with E-state index in [1.807, 2.05) is 11.0 Å². The van der Waals surface area contributed by atoms with Crippen LogP contribution in [-0.4, -0.2) is 48.7 Å². The maximum absolute atomic E-state index is 14.0. The van der Waals surface area contributed by atoms with Crippen molar-refractivity contribution in [3.05, 3.63) is 47.4 Å². The Bertz CT molecular complexity index is 969. The van der Waals surface area contributed by atoms with Crippen molar-refractivity contribution < 1.29 is 13.9 Å². The van der Waals surface area contributed by atoms with Crippen LogP contribution in [0.5, 0.6) is 0 Å². The highest BCUT2D eigenvalue weighted by Crippen LogP contribution is 2.33. The Kier molecular flexibility index (Phi) is 4.89. The molecule has 0 unspecified atom stereocenters. The maximum atomic E-state index is 14.0. The number of para-hydroxylation sites is 1. The fourth-order valence-corrected chi connectivity index (χ4v) is 4.20. The molecule has 6 nitrogen and oxygen atoms in total. The summed E-state index contributed by atoms with van der Waals surface area (Å²) in [5.41, 5.74) is 1.12. The summed E-state index contributed by atoms with van der Waals surface area (Å²) >= 11 is 1.41. The molecule has 0 spiro atoms. The highest BCUT2D eigenvalue weighted by atomic mass is 32.1. The summed E-state index contributed by atoms with van der Waals surface area (Å²) < 4.78 is 19.2. The predicted molar refractivity (Wildman–Crippen MR) is 104 cm³/mol. The van der Waals surface area contributed by atoms with Gasteiger partial charge in [-0.15, -0.1) is 11.3 Å². The number of anilines is 2. The normalized spacial score (nSPS) is 14.6. The van der Waals surface area contributed by atoms with Crippen molar-refractivity contribution in [2.45, 2.75) is 6.92 Å². The van der Waals surface area contributed by atoms with Crippen molar-refractivity contribution in [3.8, 4) is 0 Å². The van der Waals surface area contributed by atoms with Gasteiger partial charge in [0.1, 0.15) is 22.8 Å². The van der Waals surface area contributed by atoms with Gasteiger partial charge in [0.05, 0.1) is 23.2 Å². The van der Waals surface area contributed by atoms with Crippen molar-refractivity contribution in [1.29, 1.82) is 0 Å². The molecule has 0 N–H and O–H groups in total. The number of hydrogen-bond donors (Lipinski definition) is 0. The zero-order valence-corrected chi connectivity index (χ0v) is 15.7. The van der Waals surface area contributed by atoms with E-state index in [-0.39, 0.29) is 11.8 Å². The number of carbonyl (C=O) groups excluding carboxylic acids is 1. The quantitative estimate of drug-likeness (QED) is 0.641. The van der Waals surface area contributed by atoms with E-state index in [2.05, 4.69) is 14.9 Å². The van der Waals surface area contributed by atoms with Crippen LogP contribution in [0, 0.1) is 5.82 Å². The lowest BCUT2D eigenvalue weighted by Crippen LogP contribution is -2.47. The Balaban J connectivity index is 1.60. The number of rotatable bonds is 4. The van der Waals surface area contributed by atoms with E-state index >= 15 is 0 Å². The van der Waals surface area contributed by atoms with Gasteiger partial charge in [-0.25, -0.2) is 19.2 Å². The van der Waals surface area contributed by atoms with Crippen molar-refractivity contribution in [3.63, 3.8) is 0 Å². The number of thiophene rings is 1. The van der Waals surface area contributed by atoms with Crippen LogP contribution in [0.15, 0.2) is 36.0 Å². The molecule has 1 saturated heterocycles. The summed E-state index contributed by atoms with van der Waals surface area (Å²) in [5, 5.41) is 2.51. The second-order valence-corrected chi connectivity index (χ2v) is 7.03. The van der Waals surface area contributed by atoms with Crippen LogP contribution in [0.4, 0.5) is 15.9 Å². The van der Waals surface area contributed by atoms with Gasteiger partial charge >= 0.3 is 5.97 Å². The summed E-state index contributed by atoms with van der Waals surface area (Å²) in [6, 6.07) is 6.81. The standard InChI is InChI=1S/C19H19FN4O2S/c1-2-26-19(25)13-11-27-18-16(13)17(21-12-22-18)24-9-7-23(8-10-24)15-6-4-3-5-14(15)20/h3-6,11-12H,2,7-10H2,1H3. The molecule has 0 bridgehead atoms. The molecule has 140 valence electrons. The number of fused-ring (bicyclic) bond motifs is 1. The second-order valence-electron chi connectivity index (χ2n) is 6.17. The van der Waals surface area contributed by atoms with E-state index in [0.717, 1.165) is 16.0 Å². The molecule has 1 aliphatic heterocycles. The number of piperazine rings is 1. The van der Waals surface area contributed by atoms with Crippen molar-refractivity contribution in [1.82, 2.24) is 9.97 Å². The van der Waals surface area contributed by atoms with E-state index in [4.69, 9.17) is 4.74 Å². The summed E-state index contributed by atoms with van der Waals surface area (Å²) in [5.74, 6) is 0.167. The van der Waals surface area contributed by atoms with Gasteiger partial charge in [0.15, 0.2) is 0 Å². The molecule has 27 heavy (non-hydrogen) atoms. The van der Waals surface area contributed by atoms with Gasteiger partial charge in [0, 0.05) is 31.6 Å². The third-order valence-electron chi connectivity index (χ3n) is 4.62. The first-order valence-corrected chi connectivity index (χ1v) is 9.70. The highest BCUT2D eigenvalue weighted by Gasteiger charge is 2.25. The smallest absolute Gasteiger partial charge is 0.339 e. The highest BCUT2D eigenvalue weighted by molar-refractivity contribution is 7.17. The number of hydrogen-bond acceptors (Lipinski definition) is 7. The fraction of sp³-hybridized carbons (Fsp3) is 0.316. The monoisotopic (exact) mass is 386 g/mol. The summed E-state index contributed by atoms with van der Waals surface area (Å²) in [7, 11) is 0. The molecule has 3 heterocycles. The van der Waals surface area contributed by atoms with Gasteiger partial charge in [-0.2, -0.15) is 0 Å². The lowest BCUT2D eigenvalue weighted by atomic mass is 10.2. The Morgan fingerprint density at radius 3 is 2.67 bits per heavy atom. The average Bonchev–Trinajstić information content (AvgIpc) is 3.13. The number of carbonyl (C=O) groups is 1. The van der Waals surface area contributed by atoms with Crippen LogP contribution < -0.4 is 9.80 Å². The van der Waals surface area contributed by atoms with Gasteiger partial charge in [-0.1, -0.05) is 12.1 Å². The summed E-state index contributed by atoms with van der Waals surface area (Å²) in [6.45, 7) is 4.81. The number of ether oxygens (including phenoxy) is 1. The third kappa shape index (κ3) is 3.32. The number of halogens is 1. The third-order valence-corrected chi connectivity index (χ3v) is 5.50. The van der Waals surface area contributed by atoms with E-state index in [1.54, 1.807) is 24.4 Å². The first-order valence-electron chi connectivity index (χ1n) is 8.82. The van der Waals surface area contributed by atoms with E-state index in [1.165, 1.54) is 23.7 Å². The zero-order valence-electron chi connectivity index (χ0n) is 14.9. The van der Waals surface area contributed by atoms with Crippen molar-refractivity contribution >= 4 is 39.0 Å². The maximum Gasteiger partial charge on any atom is 0.339 e. The lowest BCUT2D eigenvalue weighted by molar-refractivity contribution is 0.0529. The first-order chi connectivity index (χ1) is 13.2. The van der Waals surface area contributed by atoms with Crippen molar-refractivity contribution in [2.24, 2.45) is 0 Å². The summed E-state index contributed by atoms with van der Waals surface area (Å²) in [4.78, 5) is 25.9. The lowest BCUT2D eigenvalue weighted by Gasteiger charge is -2.37. The molecule has 3 aromatic rings. The molecule has 8 heteroatoms. The van der Waals surface area contributed by atoms with Gasteiger partial charge < -0.3 is 14.5 Å². The number of benzene rings is 1. The average molecular weight is 386 g/mol. The zero-order chi connectivity index (χ0) is 18.8. The van der Waals surface area contributed by atoms with E-state index in [0.29, 0.717) is 44.0 Å². The number of nitrogens with zero attached hydrogens (tertiary/aromatic N) is 4. The largest absolute Gasteiger partial charge is 0.462 e. The molecule has 2 aromatic heterocycles. The van der Waals surface area contributed by atoms with Crippen LogP contribution in [0.3, 0.4) is 0 Å². The van der Waals surface area contributed by atoms with E-state index < -0.39 is 0 Å². The van der Waals surface area contributed by atoms with E-state index in [9.17, 15) is 9.18 Å². The Labute approximate surface area is 160 Å². The van der Waals surface area contributed by atoms with Crippen LogP contribution in [0.1, 0.15) is 17.3 Å². The Morgan fingerprint density at radius 1 is 1.19 bits per heavy atom. The van der Waals surface area contributed by atoms with Crippen LogP contribution in [0.2, 0.25) is 0 Å². The van der Waals surface area contributed by atoms with Gasteiger partial charge in [0.25, 0.3) is 0 Å². The number of esters is 1. The molecular weight excluding hydrogens is 367 g/mol. The van der Waals surface area contributed by atoms with Crippen LogP contribution >= 0.6 is 11.3 Å². The fourth-order valence-electron chi connectivity index (χ4n) is 3.33. The topological polar surface area (TPSA) is 58.6 Å². The molecule has 0 atom stereocenters. The Hall–Kier alpha value is -2.74. The molecule has 0 amide bonds. The molecule has 1 fully saturated rings. The SMILES string of the molecule is CCOC(=O)c1csc2ncnc(N3CCN(c4ccccc4F)CC3)c12. The molecule has 1 aliphatic rings. The van der Waals surface area contributed by atoms with Crippen LogP contribution in [0.25, 0.3) is 10.2 Å². The Morgan fingerprint density at radius 2 is 1.93 bits per heavy atom. The second kappa shape index (κ2) is 7.48. The molecule has 0 radical (unpaired) electrons. The summed E-state index contributed by atoms with van der Waals surface area (Å²) in [6.07, 6.45) is 1.52. The molecule has 0 saturated carbocycles. The number of aromatic nitrogens is 2. The molecular formula is C19H19FN4O2S. The van der Waals surface area contributed by atoms with Crippen molar-refractivity contribution in [2.75, 3.05) is 42.6 Å². The van der Waals surface area contributed by atoms with Gasteiger partial charge in [-0.05, 0) is 19.1 Å². The molecule has 4 rings (SSSR count). The van der Waals surface area contributed by atoms with Crippen LogP contribution in [-0.2, 0) is 4.74 Å². The van der Waals surface area contributed by atoms with Gasteiger partial charge in [0.2, 0.25) is 0 Å². The minimum absolute atomic E-state index is 0.210. The molecule has 0 aliphatic carbocycles. The predicted octanol–water partition coefficient (Wildman–Crippen LogP) is 3.33. The first kappa shape index (κ1) is 17.7. The minimum Gasteiger partial charge on any atom is -0.462 e. The van der Waals surface area contributed by atoms with Gasteiger partial charge in [-0.3, -0.25) is 0 Å². The molecule has 1 aromatic carbocycles. The minimum atomic E-state index is -0.357.